The lowest BCUT2D eigenvalue weighted by Gasteiger charge is -2.07. The molecular formula is C19H15FN2O. The minimum atomic E-state index is -0.292. The Morgan fingerprint density at radius 3 is 2.74 bits per heavy atom. The van der Waals surface area contributed by atoms with Crippen molar-refractivity contribution in [2.24, 2.45) is 0 Å². The van der Waals surface area contributed by atoms with Gasteiger partial charge in [-0.2, -0.15) is 0 Å². The van der Waals surface area contributed by atoms with E-state index in [1.807, 2.05) is 18.2 Å². The van der Waals surface area contributed by atoms with E-state index in [0.29, 0.717) is 22.5 Å². The fourth-order valence-corrected chi connectivity index (χ4v) is 2.61. The molecule has 1 amide bonds. The Balaban J connectivity index is 1.72. The van der Waals surface area contributed by atoms with Crippen LogP contribution >= 0.6 is 0 Å². The second-order valence-electron chi connectivity index (χ2n) is 5.86. The average molecular weight is 306 g/mol. The van der Waals surface area contributed by atoms with Crippen LogP contribution in [0.2, 0.25) is 0 Å². The van der Waals surface area contributed by atoms with Crippen LogP contribution in [0.3, 0.4) is 0 Å². The van der Waals surface area contributed by atoms with Crippen LogP contribution in [-0.2, 0) is 0 Å². The number of rotatable bonds is 3. The summed E-state index contributed by atoms with van der Waals surface area (Å²) >= 11 is 0. The topological polar surface area (TPSA) is 42.0 Å². The Labute approximate surface area is 133 Å². The summed E-state index contributed by atoms with van der Waals surface area (Å²) in [5.41, 5.74) is 2.88. The van der Waals surface area contributed by atoms with E-state index in [1.165, 1.54) is 6.07 Å². The van der Waals surface area contributed by atoms with Crippen molar-refractivity contribution in [3.8, 4) is 11.1 Å². The molecule has 3 aromatic rings. The molecule has 1 heterocycles. The molecule has 1 aliphatic carbocycles. The number of hydrogen-bond donors (Lipinski definition) is 1. The molecule has 1 saturated carbocycles. The molecule has 2 aromatic carbocycles. The highest BCUT2D eigenvalue weighted by Crippen LogP contribution is 2.25. The molecule has 114 valence electrons. The fourth-order valence-electron chi connectivity index (χ4n) is 2.61. The molecule has 1 aliphatic rings. The zero-order valence-corrected chi connectivity index (χ0v) is 12.4. The first kappa shape index (κ1) is 13.9. The SMILES string of the molecule is O=C(NC1CC1)c1cccc(-c2cnc3cccc(F)c3c2)c1. The number of amides is 1. The summed E-state index contributed by atoms with van der Waals surface area (Å²) < 4.78 is 13.9. The number of carbonyl (C=O) groups is 1. The van der Waals surface area contributed by atoms with E-state index in [2.05, 4.69) is 10.3 Å². The first-order chi connectivity index (χ1) is 11.2. The lowest BCUT2D eigenvalue weighted by Crippen LogP contribution is -2.25. The predicted octanol–water partition coefficient (Wildman–Crippen LogP) is 3.93. The number of aromatic nitrogens is 1. The molecular weight excluding hydrogens is 291 g/mol. The van der Waals surface area contributed by atoms with Gasteiger partial charge in [0.2, 0.25) is 0 Å². The zero-order chi connectivity index (χ0) is 15.8. The molecule has 0 spiro atoms. The number of nitrogens with one attached hydrogen (secondary N) is 1. The van der Waals surface area contributed by atoms with Gasteiger partial charge in [0.05, 0.1) is 5.52 Å². The van der Waals surface area contributed by atoms with Crippen molar-refractivity contribution in [1.29, 1.82) is 0 Å². The van der Waals surface area contributed by atoms with Crippen LogP contribution in [0.15, 0.2) is 54.7 Å². The summed E-state index contributed by atoms with van der Waals surface area (Å²) in [6, 6.07) is 14.3. The van der Waals surface area contributed by atoms with Gasteiger partial charge in [0, 0.05) is 28.8 Å². The van der Waals surface area contributed by atoms with E-state index in [9.17, 15) is 9.18 Å². The summed E-state index contributed by atoms with van der Waals surface area (Å²) in [4.78, 5) is 16.5. The molecule has 23 heavy (non-hydrogen) atoms. The lowest BCUT2D eigenvalue weighted by atomic mass is 10.0. The number of halogens is 1. The molecule has 0 aliphatic heterocycles. The van der Waals surface area contributed by atoms with Gasteiger partial charge in [0.25, 0.3) is 5.91 Å². The second kappa shape index (κ2) is 5.47. The highest BCUT2D eigenvalue weighted by molar-refractivity contribution is 5.96. The maximum absolute atomic E-state index is 13.9. The number of benzene rings is 2. The van der Waals surface area contributed by atoms with Gasteiger partial charge in [-0.3, -0.25) is 9.78 Å². The molecule has 0 saturated heterocycles. The van der Waals surface area contributed by atoms with E-state index < -0.39 is 0 Å². The van der Waals surface area contributed by atoms with Gasteiger partial charge in [0.15, 0.2) is 0 Å². The quantitative estimate of drug-likeness (QED) is 0.796. The number of pyridine rings is 1. The predicted molar refractivity (Wildman–Crippen MR) is 87.6 cm³/mol. The first-order valence-corrected chi connectivity index (χ1v) is 7.66. The van der Waals surface area contributed by atoms with Gasteiger partial charge >= 0.3 is 0 Å². The third-order valence-corrected chi connectivity index (χ3v) is 4.04. The van der Waals surface area contributed by atoms with Crippen molar-refractivity contribution in [2.45, 2.75) is 18.9 Å². The van der Waals surface area contributed by atoms with E-state index in [0.717, 1.165) is 24.0 Å². The largest absolute Gasteiger partial charge is 0.349 e. The van der Waals surface area contributed by atoms with E-state index in [-0.39, 0.29) is 11.7 Å². The monoisotopic (exact) mass is 306 g/mol. The number of carbonyl (C=O) groups excluding carboxylic acids is 1. The van der Waals surface area contributed by atoms with Crippen molar-refractivity contribution < 1.29 is 9.18 Å². The van der Waals surface area contributed by atoms with Crippen LogP contribution in [0.25, 0.3) is 22.0 Å². The van der Waals surface area contributed by atoms with Crippen LogP contribution in [0.1, 0.15) is 23.2 Å². The molecule has 1 N–H and O–H groups in total. The average Bonchev–Trinajstić information content (AvgIpc) is 3.39. The fraction of sp³-hybridized carbons (Fsp3) is 0.158. The number of hydrogen-bond acceptors (Lipinski definition) is 2. The molecule has 0 bridgehead atoms. The van der Waals surface area contributed by atoms with Crippen molar-refractivity contribution in [3.63, 3.8) is 0 Å². The highest BCUT2D eigenvalue weighted by Gasteiger charge is 2.23. The maximum Gasteiger partial charge on any atom is 0.251 e. The van der Waals surface area contributed by atoms with Crippen molar-refractivity contribution in [3.05, 3.63) is 66.1 Å². The smallest absolute Gasteiger partial charge is 0.251 e. The van der Waals surface area contributed by atoms with Crippen LogP contribution in [0.5, 0.6) is 0 Å². The van der Waals surface area contributed by atoms with E-state index in [1.54, 1.807) is 30.5 Å². The van der Waals surface area contributed by atoms with Crippen LogP contribution in [0, 0.1) is 5.82 Å². The Bertz CT molecular complexity index is 903. The molecule has 1 aromatic heterocycles. The molecule has 0 unspecified atom stereocenters. The molecule has 1 fully saturated rings. The molecule has 3 nitrogen and oxygen atoms in total. The highest BCUT2D eigenvalue weighted by atomic mass is 19.1. The van der Waals surface area contributed by atoms with Gasteiger partial charge in [0.1, 0.15) is 5.82 Å². The molecule has 4 heteroatoms. The minimum Gasteiger partial charge on any atom is -0.349 e. The lowest BCUT2D eigenvalue weighted by molar-refractivity contribution is 0.0951. The van der Waals surface area contributed by atoms with Gasteiger partial charge in [-0.1, -0.05) is 18.2 Å². The number of nitrogens with zero attached hydrogens (tertiary/aromatic N) is 1. The van der Waals surface area contributed by atoms with Gasteiger partial charge < -0.3 is 5.32 Å². The third-order valence-electron chi connectivity index (χ3n) is 4.04. The van der Waals surface area contributed by atoms with Crippen LogP contribution < -0.4 is 5.32 Å². The summed E-state index contributed by atoms with van der Waals surface area (Å²) in [7, 11) is 0. The zero-order valence-electron chi connectivity index (χ0n) is 12.4. The Hall–Kier alpha value is -2.75. The summed E-state index contributed by atoms with van der Waals surface area (Å²) in [5.74, 6) is -0.353. The second-order valence-corrected chi connectivity index (χ2v) is 5.86. The standard InChI is InChI=1S/C19H15FN2O/c20-17-5-2-6-18-16(17)10-14(11-21-18)12-3-1-4-13(9-12)19(23)22-15-7-8-15/h1-6,9-11,15H,7-8H2,(H,22,23). The number of fused-ring (bicyclic) bond motifs is 1. The van der Waals surface area contributed by atoms with Crippen molar-refractivity contribution in [1.82, 2.24) is 10.3 Å². The van der Waals surface area contributed by atoms with Gasteiger partial charge in [-0.05, 0) is 48.7 Å². The molecule has 0 radical (unpaired) electrons. The maximum atomic E-state index is 13.9. The van der Waals surface area contributed by atoms with E-state index in [4.69, 9.17) is 0 Å². The third kappa shape index (κ3) is 2.80. The van der Waals surface area contributed by atoms with Crippen molar-refractivity contribution >= 4 is 16.8 Å². The van der Waals surface area contributed by atoms with Crippen molar-refractivity contribution in [2.75, 3.05) is 0 Å². The van der Waals surface area contributed by atoms with E-state index >= 15 is 0 Å². The molecule has 0 atom stereocenters. The van der Waals surface area contributed by atoms with Crippen LogP contribution in [-0.4, -0.2) is 16.9 Å². The summed E-state index contributed by atoms with van der Waals surface area (Å²) in [5, 5.41) is 3.46. The minimum absolute atomic E-state index is 0.0609. The van der Waals surface area contributed by atoms with Gasteiger partial charge in [-0.15, -0.1) is 0 Å². The summed E-state index contributed by atoms with van der Waals surface area (Å²) in [6.07, 6.45) is 3.82. The Morgan fingerprint density at radius 2 is 1.91 bits per heavy atom. The molecule has 4 rings (SSSR count). The van der Waals surface area contributed by atoms with Gasteiger partial charge in [-0.25, -0.2) is 4.39 Å². The van der Waals surface area contributed by atoms with Crippen LogP contribution in [0.4, 0.5) is 4.39 Å². The Kier molecular flexibility index (Phi) is 3.30. The normalized spacial score (nSPS) is 14.0. The Morgan fingerprint density at radius 1 is 1.09 bits per heavy atom. The first-order valence-electron chi connectivity index (χ1n) is 7.66. The summed E-state index contributed by atoms with van der Waals surface area (Å²) in [6.45, 7) is 0.